The molecule has 0 heterocycles. The number of ether oxygens (including phenoxy) is 6. The highest BCUT2D eigenvalue weighted by atomic mass is 16.5. The number of aryl methyl sites for hydroxylation is 4. The Morgan fingerprint density at radius 3 is 0.405 bits per heavy atom. The van der Waals surface area contributed by atoms with Gasteiger partial charge in [-0.2, -0.15) is 0 Å². The molecule has 0 aliphatic heterocycles. The van der Waals surface area contributed by atoms with Crippen LogP contribution in [0.5, 0.6) is 34.5 Å². The fourth-order valence-electron chi connectivity index (χ4n) is 19.4. The molecule has 0 aromatic heterocycles. The molecule has 6 nitrogen and oxygen atoms in total. The van der Waals surface area contributed by atoms with E-state index in [0.29, 0.717) is 0 Å². The van der Waals surface area contributed by atoms with E-state index in [2.05, 4.69) is 493 Å². The van der Waals surface area contributed by atoms with Crippen molar-refractivity contribution in [3.05, 3.63) is 170 Å². The normalized spacial score (nSPS) is 13.0. The molecule has 148 heavy (non-hydrogen) atoms. The highest BCUT2D eigenvalue weighted by molar-refractivity contribution is 5.59. The van der Waals surface area contributed by atoms with Crippen molar-refractivity contribution in [2.75, 3.05) is 0 Å². The summed E-state index contributed by atoms with van der Waals surface area (Å²) in [4.78, 5) is 0. The summed E-state index contributed by atoms with van der Waals surface area (Å²) in [6, 6.07) is 14.2. The van der Waals surface area contributed by atoms with Crippen molar-refractivity contribution in [3.63, 3.8) is 0 Å². The molecule has 0 aliphatic carbocycles. The summed E-state index contributed by atoms with van der Waals surface area (Å²) in [6.45, 7) is 157. The van der Waals surface area contributed by atoms with Crippen LogP contribution in [-0.4, -0.2) is 33.6 Å². The fraction of sp³-hybridized carbons (Fsp3) is 0.746. The lowest BCUT2D eigenvalue weighted by molar-refractivity contribution is 0.125. The molecular weight excluding hydrogens is 1800 g/mol. The van der Waals surface area contributed by atoms with Crippen LogP contribution in [-0.2, 0) is 116 Å². The summed E-state index contributed by atoms with van der Waals surface area (Å²) in [5.41, 5.74) is 36.0. The Hall–Kier alpha value is -5.88. The minimum atomic E-state index is -0.189. The maximum absolute atomic E-state index is 6.62. The van der Waals surface area contributed by atoms with Crippen LogP contribution in [0.2, 0.25) is 0 Å². The second-order valence-corrected chi connectivity index (χ2v) is 64.0. The van der Waals surface area contributed by atoms with E-state index < -0.39 is 0 Å². The molecule has 0 aliphatic rings. The van der Waals surface area contributed by atoms with Crippen LogP contribution in [0.15, 0.2) is 36.4 Å². The van der Waals surface area contributed by atoms with Crippen LogP contribution in [0.4, 0.5) is 0 Å². The summed E-state index contributed by atoms with van der Waals surface area (Å²) < 4.78 is 39.2. The van der Waals surface area contributed by atoms with Gasteiger partial charge in [-0.15, -0.1) is 0 Å². The standard InChI is InChI=1S/2C24H42O.2C23H40O.2C22H38O.2C2H6/c2*1-13-18-16(2)19(14-22(4,5)6)21(25-24(10,11)12)20(17(18)3)15-23(7,8)9;2*1-12-17-13-18(14-21(3,4)5)20(24-23(9,10)11)19(16(17)2)15-22(6,7)8;2*1-11-16-12-17(14-20(2,3)4)19(23-22(8,9)10)18(13-16)15-21(5,6)7;2*1-2/h2*13-15H2,1-12H3;2*13H,12,14-15H2,1-11H3;2*12-13H,11,14-15H2,1-10H3;2*1-2H3. The van der Waals surface area contributed by atoms with Gasteiger partial charge in [0.15, 0.2) is 0 Å². The van der Waals surface area contributed by atoms with E-state index in [9.17, 15) is 0 Å². The molecular formula is C142H252O6. The Kier molecular flexibility index (Phi) is 54.7. The summed E-state index contributed by atoms with van der Waals surface area (Å²) >= 11 is 0. The molecule has 6 aromatic rings. The zero-order valence-electron chi connectivity index (χ0n) is 113. The molecule has 0 spiro atoms. The van der Waals surface area contributed by atoms with Gasteiger partial charge in [-0.3, -0.25) is 0 Å². The van der Waals surface area contributed by atoms with Crippen molar-refractivity contribution in [1.82, 2.24) is 0 Å². The molecule has 0 saturated heterocycles. The maximum atomic E-state index is 6.62. The third kappa shape index (κ3) is 58.1. The maximum Gasteiger partial charge on any atom is 0.127 e. The smallest absolute Gasteiger partial charge is 0.127 e. The topological polar surface area (TPSA) is 55.4 Å². The van der Waals surface area contributed by atoms with E-state index in [1.54, 1.807) is 0 Å². The largest absolute Gasteiger partial charge is 0.488 e. The highest BCUT2D eigenvalue weighted by Crippen LogP contribution is 2.49. The number of hydrogen-bond acceptors (Lipinski definition) is 6. The minimum absolute atomic E-state index is 0.174. The molecule has 0 bridgehead atoms. The van der Waals surface area contributed by atoms with E-state index in [1.807, 2.05) is 27.7 Å². The first-order valence-electron chi connectivity index (χ1n) is 58.8. The van der Waals surface area contributed by atoms with Gasteiger partial charge in [0.05, 0.1) is 0 Å². The van der Waals surface area contributed by atoms with Gasteiger partial charge in [0.2, 0.25) is 0 Å². The first-order chi connectivity index (χ1) is 65.8. The Balaban J connectivity index is 0. The van der Waals surface area contributed by atoms with Crippen molar-refractivity contribution in [2.45, 2.75) is 634 Å². The van der Waals surface area contributed by atoms with Crippen molar-refractivity contribution < 1.29 is 28.4 Å². The van der Waals surface area contributed by atoms with Gasteiger partial charge in [0.1, 0.15) is 68.1 Å². The van der Waals surface area contributed by atoms with Crippen LogP contribution in [0.25, 0.3) is 0 Å². The number of rotatable bonds is 24. The Morgan fingerprint density at radius 1 is 0.142 bits per heavy atom. The van der Waals surface area contributed by atoms with Crippen LogP contribution in [0.3, 0.4) is 0 Å². The van der Waals surface area contributed by atoms with Gasteiger partial charge in [-0.05, 0) is 480 Å². The van der Waals surface area contributed by atoms with Gasteiger partial charge < -0.3 is 28.4 Å². The summed E-state index contributed by atoms with van der Waals surface area (Å²) in [5, 5.41) is 0. The lowest BCUT2D eigenvalue weighted by Gasteiger charge is -2.33. The fourth-order valence-corrected chi connectivity index (χ4v) is 19.4. The third-order valence-electron chi connectivity index (χ3n) is 24.3. The zero-order chi connectivity index (χ0) is 118. The predicted molar refractivity (Wildman–Crippen MR) is 666 cm³/mol. The average molecular weight is 2060 g/mol. The van der Waals surface area contributed by atoms with Crippen LogP contribution in [0, 0.1) is 107 Å². The van der Waals surface area contributed by atoms with Crippen LogP contribution in [0.1, 0.15) is 577 Å². The average Bonchev–Trinajstić information content (AvgIpc) is 0.758. The van der Waals surface area contributed by atoms with Crippen molar-refractivity contribution >= 4 is 0 Å². The van der Waals surface area contributed by atoms with E-state index in [0.717, 1.165) is 150 Å². The number of hydrogen-bond donors (Lipinski definition) is 0. The summed E-state index contributed by atoms with van der Waals surface area (Å²) in [6.07, 6.45) is 19.0. The quantitative estimate of drug-likeness (QED) is 0.0602. The molecule has 0 atom stereocenters. The van der Waals surface area contributed by atoms with Gasteiger partial charge in [-0.1, -0.05) is 355 Å². The van der Waals surface area contributed by atoms with Crippen molar-refractivity contribution in [3.8, 4) is 34.5 Å². The zero-order valence-corrected chi connectivity index (χ0v) is 113. The predicted octanol–water partition coefficient (Wildman–Crippen LogP) is 43.5. The minimum Gasteiger partial charge on any atom is -0.488 e. The molecule has 6 aromatic carbocycles. The third-order valence-corrected chi connectivity index (χ3v) is 24.3. The molecule has 0 saturated carbocycles. The van der Waals surface area contributed by atoms with Crippen molar-refractivity contribution in [1.29, 1.82) is 0 Å². The van der Waals surface area contributed by atoms with E-state index in [1.165, 1.54) is 134 Å². The molecule has 856 valence electrons. The SMILES string of the molecule is CC.CC.CCc1c(C)c(CC(C)(C)C)c(OC(C)(C)C)c(CC(C)(C)C)c1C.CCc1c(C)c(CC(C)(C)C)c(OC(C)(C)C)c(CC(C)(C)C)c1C.CCc1cc(CC(C)(C)C)c(OC(C)(C)C)c(CC(C)(C)C)c1.CCc1cc(CC(C)(C)C)c(OC(C)(C)C)c(CC(C)(C)C)c1.CCc1cc(CC(C)(C)C)c(OC(C)(C)C)c(CC(C)(C)C)c1C.CCc1cc(CC(C)(C)C)c(OC(C)(C)C)c(CC(C)(C)C)c1C. The van der Waals surface area contributed by atoms with E-state index >= 15 is 0 Å². The molecule has 0 amide bonds. The molecule has 6 rings (SSSR count). The molecule has 0 fully saturated rings. The first-order valence-corrected chi connectivity index (χ1v) is 58.8. The first kappa shape index (κ1) is 144. The Labute approximate surface area is 925 Å². The second kappa shape index (κ2) is 56.2. The second-order valence-electron chi connectivity index (χ2n) is 64.0. The van der Waals surface area contributed by atoms with Gasteiger partial charge in [-0.25, -0.2) is 0 Å². The van der Waals surface area contributed by atoms with Crippen LogP contribution >= 0.6 is 0 Å². The lowest BCUT2D eigenvalue weighted by atomic mass is 9.78. The monoisotopic (exact) mass is 2050 g/mol. The van der Waals surface area contributed by atoms with Crippen LogP contribution < -0.4 is 28.4 Å². The van der Waals surface area contributed by atoms with Crippen molar-refractivity contribution in [2.24, 2.45) is 65.0 Å². The van der Waals surface area contributed by atoms with Gasteiger partial charge >= 0.3 is 0 Å². The van der Waals surface area contributed by atoms with Gasteiger partial charge in [0.25, 0.3) is 0 Å². The number of benzene rings is 6. The highest BCUT2D eigenvalue weighted by Gasteiger charge is 2.36. The van der Waals surface area contributed by atoms with E-state index in [-0.39, 0.29) is 98.6 Å². The Morgan fingerprint density at radius 2 is 0.277 bits per heavy atom. The summed E-state index contributed by atoms with van der Waals surface area (Å²) in [5.74, 6) is 6.84. The Bertz CT molecular complexity index is 4520. The summed E-state index contributed by atoms with van der Waals surface area (Å²) in [7, 11) is 0. The molecule has 0 N–H and O–H groups in total. The van der Waals surface area contributed by atoms with Gasteiger partial charge in [0, 0.05) is 0 Å². The van der Waals surface area contributed by atoms with E-state index in [4.69, 9.17) is 28.4 Å². The molecule has 0 radical (unpaired) electrons. The molecule has 0 unspecified atom stereocenters. The molecule has 6 heteroatoms. The lowest BCUT2D eigenvalue weighted by Crippen LogP contribution is -2.27.